The van der Waals surface area contributed by atoms with Crippen LogP contribution in [0.3, 0.4) is 0 Å². The van der Waals surface area contributed by atoms with Gasteiger partial charge in [-0.2, -0.15) is 0 Å². The molecule has 1 aromatic carbocycles. The quantitative estimate of drug-likeness (QED) is 0.827. The minimum Gasteiger partial charge on any atom is -0.399 e. The number of aromatic nitrogens is 1. The monoisotopic (exact) mass is 331 g/mol. The third-order valence-electron chi connectivity index (χ3n) is 4.07. The highest BCUT2D eigenvalue weighted by Crippen LogP contribution is 2.29. The van der Waals surface area contributed by atoms with Crippen molar-refractivity contribution in [3.63, 3.8) is 0 Å². The molecule has 2 aromatic rings. The van der Waals surface area contributed by atoms with Gasteiger partial charge in [0.05, 0.1) is 0 Å². The van der Waals surface area contributed by atoms with E-state index in [-0.39, 0.29) is 18.3 Å². The maximum absolute atomic E-state index is 12.6. The van der Waals surface area contributed by atoms with Crippen molar-refractivity contribution in [3.8, 4) is 0 Å². The van der Waals surface area contributed by atoms with Crippen molar-refractivity contribution in [2.24, 2.45) is 0 Å². The van der Waals surface area contributed by atoms with Crippen molar-refractivity contribution in [2.75, 3.05) is 5.73 Å². The van der Waals surface area contributed by atoms with Gasteiger partial charge in [0.1, 0.15) is 0 Å². The molecule has 1 aliphatic carbocycles. The van der Waals surface area contributed by atoms with Crippen LogP contribution in [0.1, 0.15) is 30.4 Å². The van der Waals surface area contributed by atoms with Crippen LogP contribution in [0, 0.1) is 0 Å². The lowest BCUT2D eigenvalue weighted by Gasteiger charge is -2.22. The third-order valence-corrected chi connectivity index (χ3v) is 4.07. The molecule has 1 heterocycles. The summed E-state index contributed by atoms with van der Waals surface area (Å²) in [6.07, 6.45) is 6.99. The van der Waals surface area contributed by atoms with Crippen LogP contribution in [0.15, 0.2) is 48.8 Å². The van der Waals surface area contributed by atoms with Crippen molar-refractivity contribution < 1.29 is 4.79 Å². The minimum atomic E-state index is 0. The number of nitrogens with zero attached hydrogens (tertiary/aromatic N) is 2. The molecule has 4 nitrogen and oxygen atoms in total. The summed E-state index contributed by atoms with van der Waals surface area (Å²) in [4.78, 5) is 18.6. The summed E-state index contributed by atoms with van der Waals surface area (Å²) in [6, 6.07) is 12.1. The fourth-order valence-electron chi connectivity index (χ4n) is 2.64. The molecule has 23 heavy (non-hydrogen) atoms. The predicted octanol–water partition coefficient (Wildman–Crippen LogP) is 3.21. The van der Waals surface area contributed by atoms with Crippen LogP contribution in [0.25, 0.3) is 0 Å². The van der Waals surface area contributed by atoms with Gasteiger partial charge in [0.2, 0.25) is 5.91 Å². The maximum atomic E-state index is 12.6. The summed E-state index contributed by atoms with van der Waals surface area (Å²) >= 11 is 0. The molecule has 1 aromatic heterocycles. The first-order valence-electron chi connectivity index (χ1n) is 7.76. The van der Waals surface area contributed by atoms with E-state index in [0.717, 1.165) is 29.7 Å². The fourth-order valence-corrected chi connectivity index (χ4v) is 2.64. The number of carbonyl (C=O) groups is 1. The first-order valence-corrected chi connectivity index (χ1v) is 7.76. The van der Waals surface area contributed by atoms with Gasteiger partial charge in [-0.15, -0.1) is 12.4 Å². The van der Waals surface area contributed by atoms with Crippen LogP contribution >= 0.6 is 12.4 Å². The molecule has 1 amide bonds. The van der Waals surface area contributed by atoms with E-state index in [0.29, 0.717) is 25.4 Å². The molecule has 1 saturated carbocycles. The number of aryl methyl sites for hydroxylation is 1. The molecular formula is C18H22ClN3O. The van der Waals surface area contributed by atoms with E-state index < -0.39 is 0 Å². The van der Waals surface area contributed by atoms with Gasteiger partial charge in [-0.25, -0.2) is 0 Å². The molecule has 0 unspecified atom stereocenters. The summed E-state index contributed by atoms with van der Waals surface area (Å²) in [7, 11) is 0. The SMILES string of the molecule is Cl.Nc1ccccc1CCC(=O)N(Cc1ccncc1)C1CC1. The van der Waals surface area contributed by atoms with Gasteiger partial charge >= 0.3 is 0 Å². The Morgan fingerprint density at radius 3 is 2.52 bits per heavy atom. The lowest BCUT2D eigenvalue weighted by molar-refractivity contribution is -0.132. The van der Waals surface area contributed by atoms with E-state index in [1.54, 1.807) is 12.4 Å². The molecule has 0 bridgehead atoms. The Morgan fingerprint density at radius 2 is 1.87 bits per heavy atom. The molecule has 0 saturated heterocycles. The van der Waals surface area contributed by atoms with Gasteiger partial charge in [-0.05, 0) is 48.6 Å². The lowest BCUT2D eigenvalue weighted by Crippen LogP contribution is -2.32. The summed E-state index contributed by atoms with van der Waals surface area (Å²) in [6.45, 7) is 0.677. The zero-order valence-corrected chi connectivity index (χ0v) is 13.8. The van der Waals surface area contributed by atoms with E-state index >= 15 is 0 Å². The number of nitrogens with two attached hydrogens (primary N) is 1. The molecule has 0 aliphatic heterocycles. The Labute approximate surface area is 143 Å². The van der Waals surface area contributed by atoms with E-state index in [1.807, 2.05) is 41.3 Å². The second-order valence-electron chi connectivity index (χ2n) is 5.81. The first kappa shape index (κ1) is 17.3. The number of halogens is 1. The van der Waals surface area contributed by atoms with Crippen LogP contribution in [0.2, 0.25) is 0 Å². The number of pyridine rings is 1. The van der Waals surface area contributed by atoms with E-state index in [9.17, 15) is 4.79 Å². The number of nitrogen functional groups attached to an aromatic ring is 1. The fraction of sp³-hybridized carbons (Fsp3) is 0.333. The highest BCUT2D eigenvalue weighted by atomic mass is 35.5. The number of carbonyl (C=O) groups excluding carboxylic acids is 1. The first-order chi connectivity index (χ1) is 10.7. The van der Waals surface area contributed by atoms with Crippen LogP contribution in [-0.4, -0.2) is 21.8 Å². The van der Waals surface area contributed by atoms with E-state index in [1.165, 1.54) is 0 Å². The molecular weight excluding hydrogens is 310 g/mol. The van der Waals surface area contributed by atoms with Gasteiger partial charge in [-0.1, -0.05) is 18.2 Å². The number of anilines is 1. The zero-order valence-electron chi connectivity index (χ0n) is 13.0. The Bertz CT molecular complexity index is 644. The average molecular weight is 332 g/mol. The molecule has 0 atom stereocenters. The molecule has 0 spiro atoms. The van der Waals surface area contributed by atoms with Crippen LogP contribution < -0.4 is 5.73 Å². The Kier molecular flexibility index (Phi) is 5.99. The topological polar surface area (TPSA) is 59.2 Å². The maximum Gasteiger partial charge on any atom is 0.223 e. The Hall–Kier alpha value is -2.07. The van der Waals surface area contributed by atoms with E-state index in [4.69, 9.17) is 5.73 Å². The predicted molar refractivity (Wildman–Crippen MR) is 94.2 cm³/mol. The highest BCUT2D eigenvalue weighted by molar-refractivity contribution is 5.85. The molecule has 3 rings (SSSR count). The second-order valence-corrected chi connectivity index (χ2v) is 5.81. The van der Waals surface area contributed by atoms with Gasteiger partial charge in [0.25, 0.3) is 0 Å². The Balaban J connectivity index is 0.00000192. The normalized spacial score (nSPS) is 13.2. The summed E-state index contributed by atoms with van der Waals surface area (Å²) < 4.78 is 0. The number of hydrogen-bond acceptors (Lipinski definition) is 3. The average Bonchev–Trinajstić information content (AvgIpc) is 3.37. The van der Waals surface area contributed by atoms with Gasteiger partial charge in [0, 0.05) is 37.1 Å². The van der Waals surface area contributed by atoms with Crippen molar-refractivity contribution in [2.45, 2.75) is 38.3 Å². The van der Waals surface area contributed by atoms with Gasteiger partial charge in [0.15, 0.2) is 0 Å². The van der Waals surface area contributed by atoms with Crippen LogP contribution in [0.5, 0.6) is 0 Å². The van der Waals surface area contributed by atoms with Crippen LogP contribution in [-0.2, 0) is 17.8 Å². The molecule has 1 fully saturated rings. The van der Waals surface area contributed by atoms with Gasteiger partial charge in [-0.3, -0.25) is 9.78 Å². The lowest BCUT2D eigenvalue weighted by atomic mass is 10.1. The second kappa shape index (κ2) is 7.97. The highest BCUT2D eigenvalue weighted by Gasteiger charge is 2.32. The van der Waals surface area contributed by atoms with Crippen LogP contribution in [0.4, 0.5) is 5.69 Å². The summed E-state index contributed by atoms with van der Waals surface area (Å²) in [5.41, 5.74) is 8.90. The number of benzene rings is 1. The van der Waals surface area contributed by atoms with Gasteiger partial charge < -0.3 is 10.6 Å². The molecule has 122 valence electrons. The summed E-state index contributed by atoms with van der Waals surface area (Å²) in [5.74, 6) is 0.211. The zero-order chi connectivity index (χ0) is 15.4. The summed E-state index contributed by atoms with van der Waals surface area (Å²) in [5, 5.41) is 0. The van der Waals surface area contributed by atoms with Crippen molar-refractivity contribution in [3.05, 3.63) is 59.9 Å². The largest absolute Gasteiger partial charge is 0.399 e. The Morgan fingerprint density at radius 1 is 1.17 bits per heavy atom. The number of hydrogen-bond donors (Lipinski definition) is 1. The van der Waals surface area contributed by atoms with E-state index in [2.05, 4.69) is 4.98 Å². The molecule has 0 radical (unpaired) electrons. The molecule has 1 aliphatic rings. The molecule has 5 heteroatoms. The number of rotatable bonds is 6. The minimum absolute atomic E-state index is 0. The van der Waals surface area contributed by atoms with Crippen molar-refractivity contribution >= 4 is 24.0 Å². The van der Waals surface area contributed by atoms with Crippen molar-refractivity contribution in [1.82, 2.24) is 9.88 Å². The number of amides is 1. The third kappa shape index (κ3) is 4.70. The van der Waals surface area contributed by atoms with Crippen molar-refractivity contribution in [1.29, 1.82) is 0 Å². The number of para-hydroxylation sites is 1. The standard InChI is InChI=1S/C18H21N3O.ClH/c19-17-4-2-1-3-15(17)5-8-18(22)21(16-6-7-16)13-14-9-11-20-12-10-14;/h1-4,9-12,16H,5-8,13,19H2;1H. The molecule has 2 N–H and O–H groups in total. The smallest absolute Gasteiger partial charge is 0.223 e.